The molecule has 0 aliphatic heterocycles. The number of esters is 1. The van der Waals surface area contributed by atoms with Gasteiger partial charge in [0.05, 0.1) is 25.8 Å². The molecule has 0 saturated heterocycles. The smallest absolute Gasteiger partial charge is 0.306 e. The van der Waals surface area contributed by atoms with Crippen LogP contribution in [0, 0.1) is 11.8 Å². The van der Waals surface area contributed by atoms with Crippen molar-refractivity contribution in [3.8, 4) is 0 Å². The lowest BCUT2D eigenvalue weighted by Crippen LogP contribution is -2.45. The predicted octanol–water partition coefficient (Wildman–Crippen LogP) is 3.69. The fourth-order valence-corrected chi connectivity index (χ4v) is 4.64. The van der Waals surface area contributed by atoms with Crippen molar-refractivity contribution in [1.82, 2.24) is 10.6 Å². The molecule has 1 rings (SSSR count). The zero-order chi connectivity index (χ0) is 34.4. The standard InChI is InChI=1S/C35H57N3O8/c1-26(2)22-30(38-34(43)28(24-29(39)25-36)23-27-12-7-6-8-13-27)31(40)15-16-32(41)37-17-11-19-45-21-20-44-18-10-9-14-33(42)46-35(3,4)5/h6-8,12-13,26,28,30H,9-11,14-25,36H2,1-5H3,(H,37,41)(H,38,43). The SMILES string of the molecule is CC(C)CC(NC(=O)C(CC(=O)CN)Cc1ccccc1)C(=O)CCC(=O)NCCCOCCOCCCCC(=O)OC(C)(C)C. The Morgan fingerprint density at radius 2 is 1.50 bits per heavy atom. The van der Waals surface area contributed by atoms with Gasteiger partial charge < -0.3 is 30.6 Å². The average molecular weight is 648 g/mol. The van der Waals surface area contributed by atoms with Crippen molar-refractivity contribution in [2.45, 2.75) is 104 Å². The largest absolute Gasteiger partial charge is 0.460 e. The Morgan fingerprint density at radius 3 is 2.11 bits per heavy atom. The Balaban J connectivity index is 2.32. The molecule has 1 aromatic carbocycles. The van der Waals surface area contributed by atoms with Crippen LogP contribution in [0.5, 0.6) is 0 Å². The second-order valence-electron chi connectivity index (χ2n) is 13.0. The first-order chi connectivity index (χ1) is 21.8. The summed E-state index contributed by atoms with van der Waals surface area (Å²) in [5.41, 5.74) is 5.96. The number of benzene rings is 1. The van der Waals surface area contributed by atoms with Crippen molar-refractivity contribution >= 4 is 29.4 Å². The number of rotatable bonds is 25. The van der Waals surface area contributed by atoms with Gasteiger partial charge in [-0.3, -0.25) is 24.0 Å². The lowest BCUT2D eigenvalue weighted by Gasteiger charge is -2.23. The maximum atomic E-state index is 13.3. The number of unbranched alkanes of at least 4 members (excludes halogenated alkanes) is 1. The van der Waals surface area contributed by atoms with E-state index in [2.05, 4.69) is 10.6 Å². The molecule has 260 valence electrons. The maximum absolute atomic E-state index is 13.3. The lowest BCUT2D eigenvalue weighted by atomic mass is 9.91. The van der Waals surface area contributed by atoms with Gasteiger partial charge >= 0.3 is 5.97 Å². The van der Waals surface area contributed by atoms with Gasteiger partial charge in [0, 0.05) is 51.4 Å². The molecule has 0 bridgehead atoms. The van der Waals surface area contributed by atoms with E-state index in [1.54, 1.807) is 0 Å². The van der Waals surface area contributed by atoms with Crippen molar-refractivity contribution in [1.29, 1.82) is 0 Å². The van der Waals surface area contributed by atoms with Gasteiger partial charge in [-0.05, 0) is 64.4 Å². The first-order valence-electron chi connectivity index (χ1n) is 16.5. The van der Waals surface area contributed by atoms with Gasteiger partial charge in [0.25, 0.3) is 0 Å². The molecule has 0 fully saturated rings. The van der Waals surface area contributed by atoms with Crippen LogP contribution in [0.1, 0.15) is 91.5 Å². The Morgan fingerprint density at radius 1 is 0.848 bits per heavy atom. The quantitative estimate of drug-likeness (QED) is 0.106. The van der Waals surface area contributed by atoms with Crippen molar-refractivity contribution < 1.29 is 38.2 Å². The fraction of sp³-hybridized carbons (Fsp3) is 0.686. The molecule has 2 atom stereocenters. The molecule has 0 radical (unpaired) electrons. The van der Waals surface area contributed by atoms with E-state index in [1.807, 2.05) is 65.0 Å². The van der Waals surface area contributed by atoms with Crippen molar-refractivity contribution in [2.75, 3.05) is 39.5 Å². The molecule has 1 aromatic rings. The van der Waals surface area contributed by atoms with Crippen LogP contribution in [0.2, 0.25) is 0 Å². The van der Waals surface area contributed by atoms with Crippen LogP contribution in [0.3, 0.4) is 0 Å². The van der Waals surface area contributed by atoms with Crippen LogP contribution in [-0.2, 0) is 44.6 Å². The van der Waals surface area contributed by atoms with Crippen LogP contribution in [0.4, 0.5) is 0 Å². The van der Waals surface area contributed by atoms with E-state index in [-0.39, 0.29) is 61.1 Å². The molecule has 0 heterocycles. The van der Waals surface area contributed by atoms with Gasteiger partial charge in [-0.2, -0.15) is 0 Å². The second kappa shape index (κ2) is 23.2. The van der Waals surface area contributed by atoms with Crippen molar-refractivity contribution in [3.63, 3.8) is 0 Å². The number of Topliss-reactive ketones (excluding diaryl/α,β-unsaturated/α-hetero) is 2. The minimum absolute atomic E-state index is 0.000194. The first kappa shape index (κ1) is 40.9. The van der Waals surface area contributed by atoms with E-state index >= 15 is 0 Å². The molecular formula is C35H57N3O8. The average Bonchev–Trinajstić information content (AvgIpc) is 2.98. The first-order valence-corrected chi connectivity index (χ1v) is 16.5. The van der Waals surface area contributed by atoms with E-state index in [4.69, 9.17) is 19.9 Å². The minimum atomic E-state index is -0.743. The third kappa shape index (κ3) is 20.8. The van der Waals surface area contributed by atoms with E-state index in [1.165, 1.54) is 0 Å². The Bertz CT molecular complexity index is 1060. The molecule has 2 unspecified atom stereocenters. The molecule has 0 saturated carbocycles. The third-order valence-corrected chi connectivity index (χ3v) is 6.91. The highest BCUT2D eigenvalue weighted by Crippen LogP contribution is 2.16. The Labute approximate surface area is 275 Å². The summed E-state index contributed by atoms with van der Waals surface area (Å²) >= 11 is 0. The highest BCUT2D eigenvalue weighted by atomic mass is 16.6. The molecular weight excluding hydrogens is 590 g/mol. The Kier molecular flexibility index (Phi) is 20.6. The molecule has 11 nitrogen and oxygen atoms in total. The number of amides is 2. The van der Waals surface area contributed by atoms with Gasteiger partial charge in [-0.15, -0.1) is 0 Å². The number of carbonyl (C=O) groups is 5. The van der Waals surface area contributed by atoms with E-state index in [0.29, 0.717) is 65.1 Å². The molecule has 2 amide bonds. The highest BCUT2D eigenvalue weighted by Gasteiger charge is 2.28. The van der Waals surface area contributed by atoms with Crippen LogP contribution >= 0.6 is 0 Å². The number of nitrogens with one attached hydrogen (secondary N) is 2. The summed E-state index contributed by atoms with van der Waals surface area (Å²) in [4.78, 5) is 62.5. The van der Waals surface area contributed by atoms with Gasteiger partial charge in [0.1, 0.15) is 11.4 Å². The van der Waals surface area contributed by atoms with Gasteiger partial charge in [0.2, 0.25) is 11.8 Å². The topological polar surface area (TPSA) is 163 Å². The van der Waals surface area contributed by atoms with E-state index < -0.39 is 17.6 Å². The van der Waals surface area contributed by atoms with Crippen molar-refractivity contribution in [2.24, 2.45) is 17.6 Å². The van der Waals surface area contributed by atoms with E-state index in [0.717, 1.165) is 12.0 Å². The molecule has 0 aromatic heterocycles. The van der Waals surface area contributed by atoms with Gasteiger partial charge in [0.15, 0.2) is 5.78 Å². The van der Waals surface area contributed by atoms with Crippen LogP contribution in [-0.4, -0.2) is 80.5 Å². The normalized spacial score (nSPS) is 12.8. The summed E-state index contributed by atoms with van der Waals surface area (Å²) in [6.45, 7) is 11.6. The molecule has 4 N–H and O–H groups in total. The molecule has 0 aliphatic rings. The zero-order valence-corrected chi connectivity index (χ0v) is 28.6. The number of nitrogens with two attached hydrogens (primary N) is 1. The minimum Gasteiger partial charge on any atom is -0.460 e. The lowest BCUT2D eigenvalue weighted by molar-refractivity contribution is -0.155. The van der Waals surface area contributed by atoms with Crippen molar-refractivity contribution in [3.05, 3.63) is 35.9 Å². The molecule has 0 aliphatic carbocycles. The van der Waals surface area contributed by atoms with Gasteiger partial charge in [-0.25, -0.2) is 0 Å². The Hall–Kier alpha value is -3.15. The number of ketones is 2. The maximum Gasteiger partial charge on any atom is 0.306 e. The summed E-state index contributed by atoms with van der Waals surface area (Å²) in [5.74, 6) is -1.75. The summed E-state index contributed by atoms with van der Waals surface area (Å²) in [6.07, 6.45) is 3.28. The second-order valence-corrected chi connectivity index (χ2v) is 13.0. The summed E-state index contributed by atoms with van der Waals surface area (Å²) in [7, 11) is 0. The molecule has 0 spiro atoms. The number of ether oxygens (including phenoxy) is 3. The van der Waals surface area contributed by atoms with Crippen LogP contribution in [0.15, 0.2) is 30.3 Å². The highest BCUT2D eigenvalue weighted by molar-refractivity contribution is 5.93. The number of hydrogen-bond acceptors (Lipinski definition) is 9. The van der Waals surface area contributed by atoms with Gasteiger partial charge in [-0.1, -0.05) is 44.2 Å². The molecule has 11 heteroatoms. The molecule has 46 heavy (non-hydrogen) atoms. The zero-order valence-electron chi connectivity index (χ0n) is 28.6. The van der Waals surface area contributed by atoms with E-state index in [9.17, 15) is 24.0 Å². The van der Waals surface area contributed by atoms with Crippen LogP contribution < -0.4 is 16.4 Å². The fourth-order valence-electron chi connectivity index (χ4n) is 4.64. The number of carbonyl (C=O) groups excluding carboxylic acids is 5. The summed E-state index contributed by atoms with van der Waals surface area (Å²) in [6, 6.07) is 8.66. The van der Waals surface area contributed by atoms with Crippen LogP contribution in [0.25, 0.3) is 0 Å². The summed E-state index contributed by atoms with van der Waals surface area (Å²) in [5, 5.41) is 5.67. The number of hydrogen-bond donors (Lipinski definition) is 3. The third-order valence-electron chi connectivity index (χ3n) is 6.91. The summed E-state index contributed by atoms with van der Waals surface area (Å²) < 4.78 is 16.3. The monoisotopic (exact) mass is 647 g/mol. The predicted molar refractivity (Wildman–Crippen MR) is 177 cm³/mol.